The topological polar surface area (TPSA) is 99.2 Å². The first-order valence-electron chi connectivity index (χ1n) is 4.75. The van der Waals surface area contributed by atoms with Gasteiger partial charge in [-0.25, -0.2) is 4.79 Å². The average molecular weight is 308 g/mol. The van der Waals surface area contributed by atoms with Gasteiger partial charge in [0.05, 0.1) is 17.3 Å². The Morgan fingerprint density at radius 2 is 2.33 bits per heavy atom. The molecule has 0 radical (unpaired) electrons. The molecule has 0 aliphatic heterocycles. The predicted octanol–water partition coefficient (Wildman–Crippen LogP) is 2.75. The highest BCUT2D eigenvalue weighted by Crippen LogP contribution is 2.26. The quantitative estimate of drug-likeness (QED) is 0.904. The van der Waals surface area contributed by atoms with Crippen molar-refractivity contribution in [1.82, 2.24) is 4.98 Å². The minimum atomic E-state index is -1.16. The fraction of sp³-hybridized carbons (Fsp3) is 0. The van der Waals surface area contributed by atoms with Crippen LogP contribution < -0.4 is 5.32 Å². The second-order valence-corrected chi connectivity index (χ2v) is 4.13. The second kappa shape index (κ2) is 4.89. The lowest BCUT2D eigenvalue weighted by molar-refractivity contribution is 0.0690. The second-order valence-electron chi connectivity index (χ2n) is 3.27. The molecule has 0 saturated heterocycles. The van der Waals surface area contributed by atoms with Gasteiger partial charge in [0.2, 0.25) is 0 Å². The zero-order valence-corrected chi connectivity index (χ0v) is 10.4. The molecule has 18 heavy (non-hydrogen) atoms. The zero-order valence-electron chi connectivity index (χ0n) is 8.85. The Morgan fingerprint density at radius 1 is 1.56 bits per heavy atom. The van der Waals surface area contributed by atoms with E-state index in [0.717, 1.165) is 6.26 Å². The van der Waals surface area contributed by atoms with Crippen molar-refractivity contribution >= 4 is 33.6 Å². The SMILES string of the molecule is N#Cc1ccc(Nc2nc(C(=O)O)co2)c(Br)c1. The van der Waals surface area contributed by atoms with Crippen molar-refractivity contribution < 1.29 is 14.3 Å². The third kappa shape index (κ3) is 2.49. The molecular formula is C11H6BrN3O3. The lowest BCUT2D eigenvalue weighted by atomic mass is 10.2. The van der Waals surface area contributed by atoms with Crippen LogP contribution in [-0.2, 0) is 0 Å². The number of aromatic carboxylic acids is 1. The summed E-state index contributed by atoms with van der Waals surface area (Å²) in [4.78, 5) is 14.3. The Bertz CT molecular complexity index is 645. The van der Waals surface area contributed by atoms with Crippen LogP contribution in [0, 0.1) is 11.3 Å². The molecule has 0 fully saturated rings. The minimum Gasteiger partial charge on any atom is -0.476 e. The van der Waals surface area contributed by atoms with Crippen molar-refractivity contribution in [3.8, 4) is 6.07 Å². The Balaban J connectivity index is 2.23. The number of nitrogens with zero attached hydrogens (tertiary/aromatic N) is 2. The number of anilines is 2. The molecule has 1 heterocycles. The van der Waals surface area contributed by atoms with Crippen LogP contribution in [0.25, 0.3) is 0 Å². The number of hydrogen-bond donors (Lipinski definition) is 2. The first-order chi connectivity index (χ1) is 8.60. The Labute approximate surface area is 110 Å². The number of oxazole rings is 1. The lowest BCUT2D eigenvalue weighted by Gasteiger charge is -2.04. The Morgan fingerprint density at radius 3 is 2.89 bits per heavy atom. The highest BCUT2D eigenvalue weighted by Gasteiger charge is 2.11. The highest BCUT2D eigenvalue weighted by molar-refractivity contribution is 9.10. The summed E-state index contributed by atoms with van der Waals surface area (Å²) in [7, 11) is 0. The number of carboxylic acid groups (broad SMARTS) is 1. The van der Waals surface area contributed by atoms with E-state index in [-0.39, 0.29) is 11.7 Å². The minimum absolute atomic E-state index is 0.0674. The van der Waals surface area contributed by atoms with Gasteiger partial charge in [-0.3, -0.25) is 0 Å². The van der Waals surface area contributed by atoms with Crippen LogP contribution in [0.4, 0.5) is 11.7 Å². The van der Waals surface area contributed by atoms with Crippen LogP contribution in [0.15, 0.2) is 33.4 Å². The summed E-state index contributed by atoms with van der Waals surface area (Å²) in [6, 6.07) is 6.98. The smallest absolute Gasteiger partial charge is 0.357 e. The number of carboxylic acids is 1. The van der Waals surface area contributed by atoms with E-state index in [1.54, 1.807) is 18.2 Å². The third-order valence-corrected chi connectivity index (χ3v) is 2.72. The lowest BCUT2D eigenvalue weighted by Crippen LogP contribution is -1.97. The van der Waals surface area contributed by atoms with E-state index in [1.807, 2.05) is 6.07 Å². The van der Waals surface area contributed by atoms with Crippen LogP contribution in [-0.4, -0.2) is 16.1 Å². The maximum absolute atomic E-state index is 10.6. The van der Waals surface area contributed by atoms with Crippen LogP contribution >= 0.6 is 15.9 Å². The fourth-order valence-corrected chi connectivity index (χ4v) is 1.71. The maximum Gasteiger partial charge on any atom is 0.357 e. The summed E-state index contributed by atoms with van der Waals surface area (Å²) in [5, 5.41) is 20.2. The van der Waals surface area contributed by atoms with Crippen LogP contribution in [0.5, 0.6) is 0 Å². The van der Waals surface area contributed by atoms with E-state index in [1.165, 1.54) is 0 Å². The van der Waals surface area contributed by atoms with Gasteiger partial charge >= 0.3 is 5.97 Å². The molecule has 1 aromatic carbocycles. The summed E-state index contributed by atoms with van der Waals surface area (Å²) >= 11 is 3.28. The van der Waals surface area contributed by atoms with Crippen molar-refractivity contribution in [3.05, 3.63) is 40.2 Å². The van der Waals surface area contributed by atoms with Gasteiger partial charge in [0, 0.05) is 4.47 Å². The number of aromatic nitrogens is 1. The number of carbonyl (C=O) groups is 1. The summed E-state index contributed by atoms with van der Waals surface area (Å²) in [5.41, 5.74) is 0.945. The molecular weight excluding hydrogens is 302 g/mol. The average Bonchev–Trinajstić information content (AvgIpc) is 2.80. The Kier molecular flexibility index (Phi) is 3.30. The van der Waals surface area contributed by atoms with Crippen molar-refractivity contribution in [3.63, 3.8) is 0 Å². The predicted molar refractivity (Wildman–Crippen MR) is 65.6 cm³/mol. The molecule has 2 rings (SSSR count). The number of nitrogens with one attached hydrogen (secondary N) is 1. The van der Waals surface area contributed by atoms with E-state index in [9.17, 15) is 4.79 Å². The van der Waals surface area contributed by atoms with Gasteiger partial charge in [0.1, 0.15) is 6.26 Å². The molecule has 0 aliphatic carbocycles. The van der Waals surface area contributed by atoms with Gasteiger partial charge < -0.3 is 14.8 Å². The molecule has 0 atom stereocenters. The summed E-state index contributed by atoms with van der Waals surface area (Å²) in [6.07, 6.45) is 1.04. The van der Waals surface area contributed by atoms with E-state index < -0.39 is 5.97 Å². The Hall–Kier alpha value is -2.33. The van der Waals surface area contributed by atoms with Gasteiger partial charge in [-0.15, -0.1) is 0 Å². The van der Waals surface area contributed by atoms with E-state index in [4.69, 9.17) is 14.8 Å². The van der Waals surface area contributed by atoms with Gasteiger partial charge in [-0.2, -0.15) is 10.2 Å². The summed E-state index contributed by atoms with van der Waals surface area (Å²) < 4.78 is 5.60. The molecule has 7 heteroatoms. The first-order valence-corrected chi connectivity index (χ1v) is 5.55. The van der Waals surface area contributed by atoms with Gasteiger partial charge in [0.15, 0.2) is 5.69 Å². The largest absolute Gasteiger partial charge is 0.476 e. The molecule has 0 saturated carbocycles. The van der Waals surface area contributed by atoms with Gasteiger partial charge in [0.25, 0.3) is 6.01 Å². The van der Waals surface area contributed by atoms with Gasteiger partial charge in [-0.05, 0) is 34.1 Å². The normalized spacial score (nSPS) is 9.78. The van der Waals surface area contributed by atoms with Crippen LogP contribution in [0.2, 0.25) is 0 Å². The monoisotopic (exact) mass is 307 g/mol. The number of nitriles is 1. The number of rotatable bonds is 3. The molecule has 0 amide bonds. The van der Waals surface area contributed by atoms with Crippen molar-refractivity contribution in [2.24, 2.45) is 0 Å². The van der Waals surface area contributed by atoms with E-state index >= 15 is 0 Å². The molecule has 0 bridgehead atoms. The summed E-state index contributed by atoms with van der Waals surface area (Å²) in [5.74, 6) is -1.16. The number of benzene rings is 1. The standard InChI is InChI=1S/C11H6BrN3O3/c12-7-3-6(4-13)1-2-8(7)14-11-15-9(5-18-11)10(16)17/h1-3,5H,(H,14,15)(H,16,17). The number of hydrogen-bond acceptors (Lipinski definition) is 5. The molecule has 0 unspecified atom stereocenters. The zero-order chi connectivity index (χ0) is 13.1. The van der Waals surface area contributed by atoms with Gasteiger partial charge in [-0.1, -0.05) is 0 Å². The first kappa shape index (κ1) is 12.1. The molecule has 1 aromatic heterocycles. The van der Waals surface area contributed by atoms with E-state index in [2.05, 4.69) is 26.2 Å². The highest BCUT2D eigenvalue weighted by atomic mass is 79.9. The van der Waals surface area contributed by atoms with E-state index in [0.29, 0.717) is 15.7 Å². The molecule has 2 N–H and O–H groups in total. The van der Waals surface area contributed by atoms with Crippen molar-refractivity contribution in [2.45, 2.75) is 0 Å². The molecule has 0 aliphatic rings. The maximum atomic E-state index is 10.6. The van der Waals surface area contributed by atoms with Crippen molar-refractivity contribution in [1.29, 1.82) is 5.26 Å². The third-order valence-electron chi connectivity index (χ3n) is 2.06. The molecule has 6 nitrogen and oxygen atoms in total. The van der Waals surface area contributed by atoms with Crippen molar-refractivity contribution in [2.75, 3.05) is 5.32 Å². The molecule has 0 spiro atoms. The van der Waals surface area contributed by atoms with Crippen LogP contribution in [0.3, 0.4) is 0 Å². The van der Waals surface area contributed by atoms with Crippen LogP contribution in [0.1, 0.15) is 16.1 Å². The molecule has 2 aromatic rings. The fourth-order valence-electron chi connectivity index (χ4n) is 1.23. The molecule has 90 valence electrons. The summed E-state index contributed by atoms with van der Waals surface area (Å²) in [6.45, 7) is 0. The number of halogens is 1.